The van der Waals surface area contributed by atoms with Crippen molar-refractivity contribution in [2.24, 2.45) is 0 Å². The first-order valence-electron chi connectivity index (χ1n) is 15.0. The van der Waals surface area contributed by atoms with Crippen molar-refractivity contribution in [1.82, 2.24) is 0 Å². The summed E-state index contributed by atoms with van der Waals surface area (Å²) in [7, 11) is -5.36. The average molecular weight is 726 g/mol. The average Bonchev–Trinajstić information content (AvgIpc) is 3.41. The smallest absolute Gasteiger partial charge is 0.418 e. The third-order valence-electron chi connectivity index (χ3n) is 7.21. The van der Waals surface area contributed by atoms with Crippen LogP contribution in [0.3, 0.4) is 0 Å². The molecular formula is C30H58BF4FeP2Rh-. The van der Waals surface area contributed by atoms with Crippen molar-refractivity contribution in [3.63, 3.8) is 0 Å². The zero-order valence-corrected chi connectivity index (χ0v) is 30.5. The monoisotopic (exact) mass is 726 g/mol. The number of hydrogen-bond acceptors (Lipinski definition) is 0. The molecule has 0 atom stereocenters. The van der Waals surface area contributed by atoms with E-state index in [1.165, 1.54) is 77.0 Å². The van der Waals surface area contributed by atoms with Crippen LogP contribution in [0.5, 0.6) is 0 Å². The molecule has 0 aliphatic heterocycles. The summed E-state index contributed by atoms with van der Waals surface area (Å²) >= 11 is 0. The third-order valence-corrected chi connectivity index (χ3v) is 14.7. The van der Waals surface area contributed by atoms with Crippen molar-refractivity contribution < 1.29 is 53.8 Å². The SMILES string of the molecule is C1=CCC/C=C\CC1.CC(C)P(C(C)C)C1CCCC1.CC(C)P(C(C)C)C1CCCC1.F[B-](F)(F)F.[Fe].[Rh]. The summed E-state index contributed by atoms with van der Waals surface area (Å²) in [6.45, 7) is 19.4. The van der Waals surface area contributed by atoms with E-state index in [2.05, 4.69) is 79.7 Å². The van der Waals surface area contributed by atoms with Crippen LogP contribution < -0.4 is 0 Å². The second-order valence-corrected chi connectivity index (χ2v) is 19.1. The second-order valence-electron chi connectivity index (χ2n) is 11.7. The molecule has 1 radical (unpaired) electrons. The molecule has 3 aliphatic carbocycles. The summed E-state index contributed by atoms with van der Waals surface area (Å²) in [5.74, 6) is 0. The van der Waals surface area contributed by atoms with Gasteiger partial charge in [-0.3, -0.25) is 0 Å². The molecule has 2 saturated carbocycles. The van der Waals surface area contributed by atoms with Crippen molar-refractivity contribution in [2.45, 2.75) is 166 Å². The predicted octanol–water partition coefficient (Wildman–Crippen LogP) is 12.4. The molecule has 0 saturated heterocycles. The summed E-state index contributed by atoms with van der Waals surface area (Å²) in [4.78, 5) is 0. The Morgan fingerprint density at radius 1 is 0.513 bits per heavy atom. The van der Waals surface area contributed by atoms with Gasteiger partial charge < -0.3 is 17.3 Å². The van der Waals surface area contributed by atoms with Crippen molar-refractivity contribution in [2.75, 3.05) is 0 Å². The Kier molecular flexibility index (Phi) is 29.5. The normalized spacial score (nSPS) is 18.9. The van der Waals surface area contributed by atoms with E-state index in [1.807, 2.05) is 0 Å². The van der Waals surface area contributed by atoms with Gasteiger partial charge in [0.1, 0.15) is 0 Å². The van der Waals surface area contributed by atoms with Crippen LogP contribution >= 0.6 is 15.8 Å². The molecule has 2 fully saturated rings. The van der Waals surface area contributed by atoms with Crippen LogP contribution in [-0.4, -0.2) is 41.2 Å². The summed E-state index contributed by atoms with van der Waals surface area (Å²) in [5, 5.41) is 0. The minimum atomic E-state index is -6.00. The molecule has 3 aliphatic rings. The van der Waals surface area contributed by atoms with Crippen molar-refractivity contribution in [3.8, 4) is 0 Å². The van der Waals surface area contributed by atoms with E-state index in [1.54, 1.807) is 0 Å². The third kappa shape index (κ3) is 24.4. The quantitative estimate of drug-likeness (QED) is 0.111. The Balaban J connectivity index is -0.000000455. The molecule has 0 aromatic carbocycles. The van der Waals surface area contributed by atoms with Crippen LogP contribution in [0, 0.1) is 0 Å². The first-order valence-corrected chi connectivity index (χ1v) is 18.1. The van der Waals surface area contributed by atoms with Gasteiger partial charge in [-0.15, -0.1) is 0 Å². The van der Waals surface area contributed by atoms with E-state index in [4.69, 9.17) is 0 Å². The molecule has 0 N–H and O–H groups in total. The van der Waals surface area contributed by atoms with Gasteiger partial charge in [-0.25, -0.2) is 0 Å². The van der Waals surface area contributed by atoms with E-state index >= 15 is 0 Å². The van der Waals surface area contributed by atoms with E-state index in [0.29, 0.717) is 15.8 Å². The van der Waals surface area contributed by atoms with Gasteiger partial charge in [0.25, 0.3) is 0 Å². The maximum absolute atomic E-state index is 9.75. The maximum atomic E-state index is 9.75. The molecular weight excluding hydrogens is 668 g/mol. The molecule has 0 spiro atoms. The van der Waals surface area contributed by atoms with Gasteiger partial charge in [-0.1, -0.05) is 121 Å². The van der Waals surface area contributed by atoms with Crippen molar-refractivity contribution in [3.05, 3.63) is 24.3 Å². The number of halogens is 4. The molecule has 237 valence electrons. The fourth-order valence-corrected chi connectivity index (χ4v) is 13.8. The van der Waals surface area contributed by atoms with Gasteiger partial charge in [-0.05, 0) is 85.3 Å². The molecule has 0 nitrogen and oxygen atoms in total. The zero-order chi connectivity index (χ0) is 28.4. The number of rotatable bonds is 6. The Morgan fingerprint density at radius 2 is 0.692 bits per heavy atom. The Bertz CT molecular complexity index is 524. The summed E-state index contributed by atoms with van der Waals surface area (Å²) < 4.78 is 39.0. The fraction of sp³-hybridized carbons (Fsp3) is 0.867. The number of allylic oxidation sites excluding steroid dienone is 4. The molecule has 0 heterocycles. The maximum Gasteiger partial charge on any atom is 0.673 e. The first-order chi connectivity index (χ1) is 17.3. The van der Waals surface area contributed by atoms with Gasteiger partial charge in [0, 0.05) is 36.5 Å². The van der Waals surface area contributed by atoms with Crippen LogP contribution in [0.4, 0.5) is 17.3 Å². The van der Waals surface area contributed by atoms with E-state index < -0.39 is 7.25 Å². The summed E-state index contributed by atoms with van der Waals surface area (Å²) in [6, 6.07) is 0. The van der Waals surface area contributed by atoms with E-state index in [0.717, 1.165) is 34.0 Å². The van der Waals surface area contributed by atoms with Gasteiger partial charge >= 0.3 is 7.25 Å². The molecule has 39 heavy (non-hydrogen) atoms. The molecule has 0 amide bonds. The fourth-order valence-electron chi connectivity index (χ4n) is 6.14. The number of hydrogen-bond donors (Lipinski definition) is 0. The first kappa shape index (κ1) is 44.7. The van der Waals surface area contributed by atoms with Gasteiger partial charge in [0.05, 0.1) is 0 Å². The minimum absolute atomic E-state index is 0. The topological polar surface area (TPSA) is 0 Å². The molecule has 9 heteroatoms. The van der Waals surface area contributed by atoms with Crippen molar-refractivity contribution >= 4 is 23.1 Å². The summed E-state index contributed by atoms with van der Waals surface area (Å²) in [6.07, 6.45) is 26.1. The van der Waals surface area contributed by atoms with Crippen LogP contribution in [0.25, 0.3) is 0 Å². The van der Waals surface area contributed by atoms with Crippen molar-refractivity contribution in [1.29, 1.82) is 0 Å². The summed E-state index contributed by atoms with van der Waals surface area (Å²) in [5.41, 5.74) is 6.01. The van der Waals surface area contributed by atoms with Gasteiger partial charge in [-0.2, -0.15) is 0 Å². The van der Waals surface area contributed by atoms with Crippen LogP contribution in [0.15, 0.2) is 24.3 Å². The minimum Gasteiger partial charge on any atom is -0.418 e. The van der Waals surface area contributed by atoms with Crippen LogP contribution in [0.2, 0.25) is 0 Å². The molecule has 0 bridgehead atoms. The Hall–Kier alpha value is 1.27. The molecule has 0 unspecified atom stereocenters. The molecule has 0 aromatic heterocycles. The molecule has 0 aromatic rings. The molecule has 3 rings (SSSR count). The largest absolute Gasteiger partial charge is 0.673 e. The van der Waals surface area contributed by atoms with E-state index in [9.17, 15) is 17.3 Å². The van der Waals surface area contributed by atoms with Gasteiger partial charge in [0.15, 0.2) is 0 Å². The zero-order valence-electron chi connectivity index (χ0n) is 25.9. The Labute approximate surface area is 266 Å². The predicted molar refractivity (Wildman–Crippen MR) is 166 cm³/mol. The second kappa shape index (κ2) is 25.7. The van der Waals surface area contributed by atoms with Crippen LogP contribution in [0.1, 0.15) is 132 Å². The van der Waals surface area contributed by atoms with Gasteiger partial charge in [0.2, 0.25) is 0 Å². The van der Waals surface area contributed by atoms with Crippen LogP contribution in [-0.2, 0) is 36.5 Å². The van der Waals surface area contributed by atoms with E-state index in [-0.39, 0.29) is 36.5 Å². The Morgan fingerprint density at radius 3 is 0.846 bits per heavy atom. The standard InChI is InChI=1S/2C11H23P.C8H12.BF4.Fe.Rh/c2*1-9(2)12(10(3)4)11-7-5-6-8-11;1-2-4-6-8-7-5-3-1;2-1(3,4)5;;/h2*9-11H,5-8H2,1-4H3;1-2,7-8H,3-6H2;;;/q;;;-1;;/b;;2-1-,8-7?;;;.